The summed E-state index contributed by atoms with van der Waals surface area (Å²) in [4.78, 5) is 28.1. The molecule has 0 fully saturated rings. The first-order valence-electron chi connectivity index (χ1n) is 8.88. The molecule has 4 N–H and O–H groups in total. The minimum Gasteiger partial charge on any atom is -0.361 e. The lowest BCUT2D eigenvalue weighted by Gasteiger charge is -2.04. The third-order valence-electron chi connectivity index (χ3n) is 4.71. The molecule has 7 nitrogen and oxygen atoms in total. The smallest absolute Gasteiger partial charge is 0.347 e. The number of aromatic amines is 2. The Balaban J connectivity index is 1.64. The minimum absolute atomic E-state index is 0.250. The van der Waals surface area contributed by atoms with Crippen LogP contribution in [-0.2, 0) is 19.5 Å². The number of H-pyrrole nitrogens is 2. The molecule has 0 saturated heterocycles. The lowest BCUT2D eigenvalue weighted by molar-refractivity contribution is 0.637. The van der Waals surface area contributed by atoms with E-state index in [-0.39, 0.29) is 12.2 Å². The average molecular weight is 363 g/mol. The van der Waals surface area contributed by atoms with Crippen LogP contribution in [-0.4, -0.2) is 25.9 Å². The van der Waals surface area contributed by atoms with Gasteiger partial charge in [0.25, 0.3) is 0 Å². The lowest BCUT2D eigenvalue weighted by atomic mass is 10.1. The summed E-state index contributed by atoms with van der Waals surface area (Å²) < 4.78 is 2.56. The number of benzene rings is 2. The molecule has 4 aromatic rings. The second kappa shape index (κ2) is 7.13. The summed E-state index contributed by atoms with van der Waals surface area (Å²) >= 11 is 0. The van der Waals surface area contributed by atoms with Crippen molar-refractivity contribution in [3.8, 4) is 0 Å². The van der Waals surface area contributed by atoms with Gasteiger partial charge in [-0.3, -0.25) is 0 Å². The van der Waals surface area contributed by atoms with Crippen LogP contribution in [0.4, 0.5) is 0 Å². The molecule has 0 aliphatic heterocycles. The van der Waals surface area contributed by atoms with Gasteiger partial charge in [0.05, 0.1) is 13.1 Å². The van der Waals surface area contributed by atoms with Crippen LogP contribution >= 0.6 is 0 Å². The van der Waals surface area contributed by atoms with Gasteiger partial charge in [-0.2, -0.15) is 0 Å². The molecular weight excluding hydrogens is 342 g/mol. The zero-order valence-electron chi connectivity index (χ0n) is 14.8. The van der Waals surface area contributed by atoms with Crippen molar-refractivity contribution in [2.45, 2.75) is 19.5 Å². The Kier molecular flexibility index (Phi) is 4.52. The van der Waals surface area contributed by atoms with Gasteiger partial charge in [0.2, 0.25) is 0 Å². The van der Waals surface area contributed by atoms with Crippen molar-refractivity contribution < 1.29 is 0 Å². The van der Waals surface area contributed by atoms with Crippen molar-refractivity contribution >= 4 is 10.9 Å². The van der Waals surface area contributed by atoms with Crippen LogP contribution in [0.3, 0.4) is 0 Å². The molecule has 0 bridgehead atoms. The van der Waals surface area contributed by atoms with Crippen molar-refractivity contribution in [3.05, 3.63) is 92.4 Å². The highest BCUT2D eigenvalue weighted by atomic mass is 16.2. The van der Waals surface area contributed by atoms with Crippen LogP contribution in [0, 0.1) is 0 Å². The third kappa shape index (κ3) is 3.37. The van der Waals surface area contributed by atoms with E-state index >= 15 is 0 Å². The van der Waals surface area contributed by atoms with Gasteiger partial charge in [0.1, 0.15) is 0 Å². The molecule has 0 aliphatic rings. The fourth-order valence-corrected chi connectivity index (χ4v) is 3.34. The van der Waals surface area contributed by atoms with E-state index in [1.165, 1.54) is 9.25 Å². The second-order valence-electron chi connectivity index (χ2n) is 6.59. The van der Waals surface area contributed by atoms with Gasteiger partial charge < -0.3 is 10.7 Å². The zero-order chi connectivity index (χ0) is 18.8. The predicted molar refractivity (Wildman–Crippen MR) is 105 cm³/mol. The van der Waals surface area contributed by atoms with E-state index in [1.54, 1.807) is 0 Å². The fourth-order valence-electron chi connectivity index (χ4n) is 3.34. The fraction of sp³-hybridized carbons (Fsp3) is 0.200. The second-order valence-corrected chi connectivity index (χ2v) is 6.59. The molecule has 0 aliphatic carbocycles. The molecule has 138 valence electrons. The van der Waals surface area contributed by atoms with Crippen LogP contribution in [0.2, 0.25) is 0 Å². The molecule has 27 heavy (non-hydrogen) atoms. The quantitative estimate of drug-likeness (QED) is 0.483. The molecule has 0 radical (unpaired) electrons. The maximum Gasteiger partial charge on any atom is 0.347 e. The van der Waals surface area contributed by atoms with E-state index in [1.807, 2.05) is 54.7 Å². The van der Waals surface area contributed by atoms with Crippen molar-refractivity contribution in [1.82, 2.24) is 19.3 Å². The highest BCUT2D eigenvalue weighted by molar-refractivity contribution is 5.83. The van der Waals surface area contributed by atoms with Gasteiger partial charge in [0.15, 0.2) is 0 Å². The van der Waals surface area contributed by atoms with Crippen molar-refractivity contribution in [3.63, 3.8) is 0 Å². The lowest BCUT2D eigenvalue weighted by Crippen LogP contribution is -2.29. The Morgan fingerprint density at radius 2 is 1.78 bits per heavy atom. The molecule has 0 saturated carbocycles. The highest BCUT2D eigenvalue weighted by Gasteiger charge is 2.11. The summed E-state index contributed by atoms with van der Waals surface area (Å²) in [5, 5.41) is 3.74. The SMILES string of the molecule is NCCc1c[nH]c2ccc(Cn3[nH]c(=O)n(Cc4ccccc4)c3=O)cc12. The van der Waals surface area contributed by atoms with Crippen LogP contribution in [0.1, 0.15) is 16.7 Å². The Morgan fingerprint density at radius 1 is 0.963 bits per heavy atom. The molecule has 2 heterocycles. The molecule has 0 atom stereocenters. The Bertz CT molecular complexity index is 1180. The third-order valence-corrected chi connectivity index (χ3v) is 4.71. The summed E-state index contributed by atoms with van der Waals surface area (Å²) in [6.07, 6.45) is 2.75. The van der Waals surface area contributed by atoms with E-state index in [2.05, 4.69) is 10.1 Å². The largest absolute Gasteiger partial charge is 0.361 e. The van der Waals surface area contributed by atoms with Gasteiger partial charge in [-0.1, -0.05) is 36.4 Å². The first-order chi connectivity index (χ1) is 13.2. The van der Waals surface area contributed by atoms with Gasteiger partial charge in [-0.25, -0.2) is 23.9 Å². The number of nitrogens with one attached hydrogen (secondary N) is 2. The first-order valence-corrected chi connectivity index (χ1v) is 8.88. The normalized spacial score (nSPS) is 11.3. The van der Waals surface area contributed by atoms with Crippen molar-refractivity contribution in [2.75, 3.05) is 6.54 Å². The topological polar surface area (TPSA) is 102 Å². The van der Waals surface area contributed by atoms with E-state index in [4.69, 9.17) is 5.73 Å². The van der Waals surface area contributed by atoms with Crippen LogP contribution in [0.15, 0.2) is 64.3 Å². The minimum atomic E-state index is -0.407. The molecule has 7 heteroatoms. The van der Waals surface area contributed by atoms with Crippen LogP contribution < -0.4 is 17.1 Å². The standard InChI is InChI=1S/C20H21N5O2/c21-9-8-16-11-22-18-7-6-15(10-17(16)18)13-25-20(27)24(19(26)23-25)12-14-4-2-1-3-5-14/h1-7,10-11,22H,8-9,12-13,21H2,(H,23,26). The van der Waals surface area contributed by atoms with Gasteiger partial charge in [0, 0.05) is 17.1 Å². The summed E-state index contributed by atoms with van der Waals surface area (Å²) in [5.41, 5.74) is 8.95. The predicted octanol–water partition coefficient (Wildman–Crippen LogP) is 1.42. The van der Waals surface area contributed by atoms with Crippen molar-refractivity contribution in [1.29, 1.82) is 0 Å². The van der Waals surface area contributed by atoms with Gasteiger partial charge in [-0.15, -0.1) is 0 Å². The number of fused-ring (bicyclic) bond motifs is 1. The number of hydrogen-bond acceptors (Lipinski definition) is 3. The maximum atomic E-state index is 12.7. The van der Waals surface area contributed by atoms with Crippen molar-refractivity contribution in [2.24, 2.45) is 5.73 Å². The number of hydrogen-bond donors (Lipinski definition) is 3. The van der Waals surface area contributed by atoms with E-state index in [0.717, 1.165) is 34.0 Å². The number of nitrogens with zero attached hydrogens (tertiary/aromatic N) is 2. The van der Waals surface area contributed by atoms with Crippen LogP contribution in [0.5, 0.6) is 0 Å². The summed E-state index contributed by atoms with van der Waals surface area (Å²) in [6.45, 7) is 1.13. The molecule has 4 rings (SSSR count). The van der Waals surface area contributed by atoms with Gasteiger partial charge in [-0.05, 0) is 41.8 Å². The van der Waals surface area contributed by atoms with E-state index in [0.29, 0.717) is 13.1 Å². The average Bonchev–Trinajstić information content (AvgIpc) is 3.19. The summed E-state index contributed by atoms with van der Waals surface area (Å²) in [6, 6.07) is 15.4. The summed E-state index contributed by atoms with van der Waals surface area (Å²) in [7, 11) is 0. The first kappa shape index (κ1) is 17.1. The monoisotopic (exact) mass is 363 g/mol. The Morgan fingerprint density at radius 3 is 2.56 bits per heavy atom. The van der Waals surface area contributed by atoms with E-state index in [9.17, 15) is 9.59 Å². The summed E-state index contributed by atoms with van der Waals surface area (Å²) in [5.74, 6) is 0. The Labute approximate surface area is 155 Å². The van der Waals surface area contributed by atoms with Crippen LogP contribution in [0.25, 0.3) is 10.9 Å². The number of rotatable bonds is 6. The number of aromatic nitrogens is 4. The molecule has 0 amide bonds. The van der Waals surface area contributed by atoms with Gasteiger partial charge >= 0.3 is 11.4 Å². The Hall–Kier alpha value is -3.32. The van der Waals surface area contributed by atoms with E-state index < -0.39 is 5.69 Å². The number of nitrogens with two attached hydrogens (primary N) is 1. The molecule has 0 spiro atoms. The highest BCUT2D eigenvalue weighted by Crippen LogP contribution is 2.20. The molecule has 0 unspecified atom stereocenters. The molecule has 2 aromatic carbocycles. The molecule has 2 aromatic heterocycles. The molecular formula is C20H21N5O2. The maximum absolute atomic E-state index is 12.7. The zero-order valence-corrected chi connectivity index (χ0v) is 14.8.